The summed E-state index contributed by atoms with van der Waals surface area (Å²) in [7, 11) is 1.35. The Balaban J connectivity index is 2.28. The lowest BCUT2D eigenvalue weighted by atomic mass is 10.2. The second-order valence-corrected chi connectivity index (χ2v) is 5.86. The summed E-state index contributed by atoms with van der Waals surface area (Å²) in [5.74, 6) is -0.109. The van der Waals surface area contributed by atoms with E-state index in [4.69, 9.17) is 0 Å². The molecule has 2 aromatic rings. The Bertz CT molecular complexity index is 565. The maximum Gasteiger partial charge on any atom is 0.311 e. The first-order valence-corrected chi connectivity index (χ1v) is 6.72. The summed E-state index contributed by atoms with van der Waals surface area (Å²) in [6.45, 7) is 0. The molecule has 0 saturated carbocycles. The van der Waals surface area contributed by atoms with Crippen LogP contribution in [0.25, 0.3) is 10.6 Å². The molecular weight excluding hydrogens is 318 g/mol. The Kier molecular flexibility index (Phi) is 3.98. The molecule has 94 valence electrons. The lowest BCUT2D eigenvalue weighted by Crippen LogP contribution is -2.05. The van der Waals surface area contributed by atoms with Crippen LogP contribution in [0.1, 0.15) is 5.69 Å². The molecule has 1 heterocycles. The zero-order chi connectivity index (χ0) is 13.1. The van der Waals surface area contributed by atoms with Gasteiger partial charge in [-0.1, -0.05) is 0 Å². The lowest BCUT2D eigenvalue weighted by molar-refractivity contribution is -0.139. The first-order valence-electron chi connectivity index (χ1n) is 5.11. The van der Waals surface area contributed by atoms with Gasteiger partial charge in [-0.15, -0.1) is 11.3 Å². The van der Waals surface area contributed by atoms with E-state index in [-0.39, 0.29) is 18.1 Å². The van der Waals surface area contributed by atoms with Crippen LogP contribution in [0.3, 0.4) is 0 Å². The van der Waals surface area contributed by atoms with Crippen molar-refractivity contribution in [2.75, 3.05) is 7.11 Å². The third-order valence-corrected chi connectivity index (χ3v) is 4.18. The molecule has 18 heavy (non-hydrogen) atoms. The van der Waals surface area contributed by atoms with Crippen molar-refractivity contribution in [3.8, 4) is 16.3 Å². The summed E-state index contributed by atoms with van der Waals surface area (Å²) in [6.07, 6.45) is 0.145. The van der Waals surface area contributed by atoms with Crippen molar-refractivity contribution in [3.63, 3.8) is 0 Å². The molecule has 0 saturated heterocycles. The Morgan fingerprint density at radius 3 is 2.72 bits per heavy atom. The van der Waals surface area contributed by atoms with Gasteiger partial charge in [0.2, 0.25) is 0 Å². The number of benzene rings is 1. The number of methoxy groups -OCH3 is 1. The molecular formula is C12H10BrNO3S. The van der Waals surface area contributed by atoms with Crippen LogP contribution < -0.4 is 0 Å². The van der Waals surface area contributed by atoms with Gasteiger partial charge in [-0.25, -0.2) is 4.98 Å². The molecule has 1 aromatic heterocycles. The van der Waals surface area contributed by atoms with E-state index in [1.54, 1.807) is 24.3 Å². The number of esters is 1. The smallest absolute Gasteiger partial charge is 0.311 e. The predicted octanol–water partition coefficient (Wildman–Crippen LogP) is 2.99. The summed E-state index contributed by atoms with van der Waals surface area (Å²) in [4.78, 5) is 15.6. The van der Waals surface area contributed by atoms with Gasteiger partial charge in [-0.05, 0) is 40.2 Å². The third kappa shape index (κ3) is 2.88. The number of rotatable bonds is 3. The minimum atomic E-state index is -0.321. The number of hydrogen-bond acceptors (Lipinski definition) is 5. The van der Waals surface area contributed by atoms with Gasteiger partial charge in [-0.2, -0.15) is 0 Å². The number of aromatic nitrogens is 1. The fourth-order valence-corrected chi connectivity index (χ4v) is 2.88. The molecule has 0 radical (unpaired) electrons. The van der Waals surface area contributed by atoms with Crippen LogP contribution in [0.2, 0.25) is 0 Å². The van der Waals surface area contributed by atoms with E-state index in [0.717, 1.165) is 14.4 Å². The highest BCUT2D eigenvalue weighted by atomic mass is 79.9. The molecule has 0 aliphatic rings. The highest BCUT2D eigenvalue weighted by molar-refractivity contribution is 9.11. The molecule has 0 atom stereocenters. The Labute approximate surface area is 116 Å². The fraction of sp³-hybridized carbons (Fsp3) is 0.167. The molecule has 4 nitrogen and oxygen atoms in total. The van der Waals surface area contributed by atoms with Gasteiger partial charge in [0.15, 0.2) is 0 Å². The topological polar surface area (TPSA) is 59.4 Å². The molecule has 6 heteroatoms. The molecule has 1 N–H and O–H groups in total. The van der Waals surface area contributed by atoms with Crippen LogP contribution >= 0.6 is 27.3 Å². The van der Waals surface area contributed by atoms with Crippen LogP contribution in [0.5, 0.6) is 5.75 Å². The number of ether oxygens (including phenoxy) is 1. The van der Waals surface area contributed by atoms with Crippen molar-refractivity contribution < 1.29 is 14.6 Å². The molecule has 0 bridgehead atoms. The number of halogens is 1. The molecule has 0 aliphatic heterocycles. The van der Waals surface area contributed by atoms with Crippen LogP contribution in [-0.4, -0.2) is 23.2 Å². The van der Waals surface area contributed by atoms with E-state index < -0.39 is 0 Å². The molecule has 0 aliphatic carbocycles. The molecule has 1 aromatic carbocycles. The van der Waals surface area contributed by atoms with Crippen LogP contribution in [0.4, 0.5) is 0 Å². The average Bonchev–Trinajstić information content (AvgIpc) is 2.71. The number of nitrogens with zero attached hydrogens (tertiary/aromatic N) is 1. The third-order valence-electron chi connectivity index (χ3n) is 2.30. The second kappa shape index (κ2) is 5.49. The Morgan fingerprint density at radius 2 is 2.11 bits per heavy atom. The van der Waals surface area contributed by atoms with E-state index in [9.17, 15) is 9.90 Å². The molecule has 0 amide bonds. The van der Waals surface area contributed by atoms with Gasteiger partial charge >= 0.3 is 5.97 Å². The quantitative estimate of drug-likeness (QED) is 0.880. The monoisotopic (exact) mass is 327 g/mol. The van der Waals surface area contributed by atoms with Crippen molar-refractivity contribution in [3.05, 3.63) is 33.7 Å². The summed E-state index contributed by atoms with van der Waals surface area (Å²) in [5, 5.41) is 10.0. The molecule has 2 rings (SSSR count). The number of hydrogen-bond donors (Lipinski definition) is 1. The second-order valence-electron chi connectivity index (χ2n) is 3.54. The highest BCUT2D eigenvalue weighted by Gasteiger charge is 2.14. The average molecular weight is 328 g/mol. The van der Waals surface area contributed by atoms with Crippen LogP contribution in [-0.2, 0) is 16.0 Å². The number of thiazole rings is 1. The number of aromatic hydroxyl groups is 1. The van der Waals surface area contributed by atoms with Crippen molar-refractivity contribution >= 4 is 33.2 Å². The Morgan fingerprint density at radius 1 is 1.44 bits per heavy atom. The molecule has 0 fully saturated rings. The summed E-state index contributed by atoms with van der Waals surface area (Å²) in [6, 6.07) is 6.76. The van der Waals surface area contributed by atoms with Crippen LogP contribution in [0, 0.1) is 0 Å². The zero-order valence-electron chi connectivity index (χ0n) is 9.51. The number of carbonyl (C=O) groups excluding carboxylic acids is 1. The maximum absolute atomic E-state index is 11.2. The number of phenols is 1. The van der Waals surface area contributed by atoms with Gasteiger partial charge in [0, 0.05) is 5.56 Å². The lowest BCUT2D eigenvalue weighted by Gasteiger charge is -1.97. The van der Waals surface area contributed by atoms with Gasteiger partial charge in [-0.3, -0.25) is 4.79 Å². The van der Waals surface area contributed by atoms with Gasteiger partial charge in [0.1, 0.15) is 10.8 Å². The SMILES string of the molecule is COC(=O)Cc1nc(-c2ccc(O)cc2)sc1Br. The first kappa shape index (κ1) is 13.0. The van der Waals surface area contributed by atoms with E-state index >= 15 is 0 Å². The summed E-state index contributed by atoms with van der Waals surface area (Å²) in [5.41, 5.74) is 1.56. The summed E-state index contributed by atoms with van der Waals surface area (Å²) < 4.78 is 5.43. The fourth-order valence-electron chi connectivity index (χ4n) is 1.38. The van der Waals surface area contributed by atoms with Crippen molar-refractivity contribution in [1.29, 1.82) is 0 Å². The standard InChI is InChI=1S/C12H10BrNO3S/c1-17-10(16)6-9-11(13)18-12(14-9)7-2-4-8(15)5-3-7/h2-5,15H,6H2,1H3. The van der Waals surface area contributed by atoms with Crippen molar-refractivity contribution in [2.45, 2.75) is 6.42 Å². The maximum atomic E-state index is 11.2. The normalized spacial score (nSPS) is 10.3. The molecule has 0 spiro atoms. The van der Waals surface area contributed by atoms with E-state index in [0.29, 0.717) is 5.69 Å². The van der Waals surface area contributed by atoms with E-state index in [2.05, 4.69) is 25.7 Å². The minimum Gasteiger partial charge on any atom is -0.508 e. The van der Waals surface area contributed by atoms with Crippen LogP contribution in [0.15, 0.2) is 28.1 Å². The largest absolute Gasteiger partial charge is 0.508 e. The minimum absolute atomic E-state index is 0.145. The van der Waals surface area contributed by atoms with Crippen molar-refractivity contribution in [2.24, 2.45) is 0 Å². The van der Waals surface area contributed by atoms with Gasteiger partial charge < -0.3 is 9.84 Å². The highest BCUT2D eigenvalue weighted by Crippen LogP contribution is 2.32. The Hall–Kier alpha value is -1.40. The predicted molar refractivity (Wildman–Crippen MR) is 72.6 cm³/mol. The van der Waals surface area contributed by atoms with Gasteiger partial charge in [0.05, 0.1) is 23.0 Å². The molecule has 0 unspecified atom stereocenters. The summed E-state index contributed by atoms with van der Waals surface area (Å²) >= 11 is 4.83. The van der Waals surface area contributed by atoms with Gasteiger partial charge in [0.25, 0.3) is 0 Å². The van der Waals surface area contributed by atoms with Crippen molar-refractivity contribution in [1.82, 2.24) is 4.98 Å². The first-order chi connectivity index (χ1) is 8.60. The van der Waals surface area contributed by atoms with E-state index in [1.807, 2.05) is 0 Å². The zero-order valence-corrected chi connectivity index (χ0v) is 11.9. The van der Waals surface area contributed by atoms with E-state index in [1.165, 1.54) is 18.4 Å². The number of carbonyl (C=O) groups is 1. The number of phenolic OH excluding ortho intramolecular Hbond substituents is 1.